The third-order valence-corrected chi connectivity index (χ3v) is 2.42. The summed E-state index contributed by atoms with van der Waals surface area (Å²) in [6.45, 7) is 3.55. The van der Waals surface area contributed by atoms with E-state index in [1.165, 1.54) is 26.4 Å². The Labute approximate surface area is 100 Å². The van der Waals surface area contributed by atoms with E-state index in [1.807, 2.05) is 0 Å². The Bertz CT molecular complexity index is 435. The minimum absolute atomic E-state index is 0.121. The average Bonchev–Trinajstić information content (AvgIpc) is 2.25. The maximum absolute atomic E-state index is 11.0. The summed E-state index contributed by atoms with van der Waals surface area (Å²) in [5.41, 5.74) is 5.99. The highest BCUT2D eigenvalue weighted by molar-refractivity contribution is 5.89. The van der Waals surface area contributed by atoms with Crippen LogP contribution in [-0.4, -0.2) is 25.3 Å². The lowest BCUT2D eigenvalue weighted by molar-refractivity contribution is 0.0696. The fraction of sp³-hybridized carbons (Fsp3) is 0.417. The van der Waals surface area contributed by atoms with Crippen molar-refractivity contribution in [3.05, 3.63) is 23.3 Å². The van der Waals surface area contributed by atoms with Crippen molar-refractivity contribution in [1.29, 1.82) is 0 Å². The molecule has 5 nitrogen and oxygen atoms in total. The molecule has 0 heterocycles. The van der Waals surface area contributed by atoms with Crippen molar-refractivity contribution in [3.63, 3.8) is 0 Å². The highest BCUT2D eigenvalue weighted by atomic mass is 16.5. The molecule has 17 heavy (non-hydrogen) atoms. The quantitative estimate of drug-likeness (QED) is 0.833. The molecule has 0 atom stereocenters. The summed E-state index contributed by atoms with van der Waals surface area (Å²) in [6, 6.07) is 2.92. The molecular formula is C12H17NO4. The number of hydrogen-bond acceptors (Lipinski definition) is 4. The van der Waals surface area contributed by atoms with E-state index in [-0.39, 0.29) is 5.56 Å². The largest absolute Gasteiger partial charge is 0.493 e. The standard InChI is InChI=1S/C12H17NO4/c1-12(2,13)8-5-7(11(14)15)6-9(16-3)10(8)17-4/h5-6H,13H2,1-4H3,(H,14,15). The second-order valence-electron chi connectivity index (χ2n) is 4.29. The zero-order valence-corrected chi connectivity index (χ0v) is 10.4. The van der Waals surface area contributed by atoms with Gasteiger partial charge in [0.25, 0.3) is 0 Å². The van der Waals surface area contributed by atoms with Gasteiger partial charge in [0.15, 0.2) is 11.5 Å². The number of hydrogen-bond donors (Lipinski definition) is 2. The lowest BCUT2D eigenvalue weighted by Gasteiger charge is -2.24. The van der Waals surface area contributed by atoms with Crippen LogP contribution in [0.2, 0.25) is 0 Å². The number of benzene rings is 1. The molecule has 1 aromatic carbocycles. The van der Waals surface area contributed by atoms with Crippen molar-refractivity contribution in [2.75, 3.05) is 14.2 Å². The van der Waals surface area contributed by atoms with Crippen LogP contribution in [0.3, 0.4) is 0 Å². The SMILES string of the molecule is COc1cc(C(=O)O)cc(C(C)(C)N)c1OC. The monoisotopic (exact) mass is 239 g/mol. The van der Waals surface area contributed by atoms with Crippen molar-refractivity contribution in [2.45, 2.75) is 19.4 Å². The highest BCUT2D eigenvalue weighted by Gasteiger charge is 2.24. The lowest BCUT2D eigenvalue weighted by Crippen LogP contribution is -2.29. The smallest absolute Gasteiger partial charge is 0.335 e. The number of ether oxygens (including phenoxy) is 2. The first kappa shape index (κ1) is 13.3. The van der Waals surface area contributed by atoms with Crippen molar-refractivity contribution in [1.82, 2.24) is 0 Å². The van der Waals surface area contributed by atoms with Gasteiger partial charge in [0.05, 0.1) is 19.8 Å². The van der Waals surface area contributed by atoms with E-state index in [4.69, 9.17) is 20.3 Å². The summed E-state index contributed by atoms with van der Waals surface area (Å²) in [4.78, 5) is 11.0. The van der Waals surface area contributed by atoms with Crippen molar-refractivity contribution >= 4 is 5.97 Å². The summed E-state index contributed by atoms with van der Waals surface area (Å²) in [7, 11) is 2.95. The van der Waals surface area contributed by atoms with Crippen LogP contribution in [-0.2, 0) is 5.54 Å². The normalized spacial score (nSPS) is 11.1. The molecule has 0 radical (unpaired) electrons. The van der Waals surface area contributed by atoms with Crippen molar-refractivity contribution < 1.29 is 19.4 Å². The maximum atomic E-state index is 11.0. The Balaban J connectivity index is 3.54. The molecule has 1 rings (SSSR count). The summed E-state index contributed by atoms with van der Waals surface area (Å²) >= 11 is 0. The van der Waals surface area contributed by atoms with Gasteiger partial charge in [-0.3, -0.25) is 0 Å². The summed E-state index contributed by atoms with van der Waals surface area (Å²) < 4.78 is 10.3. The Morgan fingerprint density at radius 1 is 1.29 bits per heavy atom. The molecule has 0 aliphatic carbocycles. The van der Waals surface area contributed by atoms with Crippen LogP contribution in [0.5, 0.6) is 11.5 Å². The first-order valence-electron chi connectivity index (χ1n) is 5.10. The Morgan fingerprint density at radius 2 is 1.88 bits per heavy atom. The van der Waals surface area contributed by atoms with Gasteiger partial charge in [0.1, 0.15) is 0 Å². The number of aromatic carboxylic acids is 1. The minimum atomic E-state index is -1.03. The van der Waals surface area contributed by atoms with Gasteiger partial charge in [-0.2, -0.15) is 0 Å². The van der Waals surface area contributed by atoms with Crippen LogP contribution in [0.1, 0.15) is 29.8 Å². The second kappa shape index (κ2) is 4.63. The summed E-state index contributed by atoms with van der Waals surface area (Å²) in [5.74, 6) is -0.206. The van der Waals surface area contributed by atoms with Gasteiger partial charge in [-0.05, 0) is 26.0 Å². The number of rotatable bonds is 4. The van der Waals surface area contributed by atoms with Crippen LogP contribution < -0.4 is 15.2 Å². The zero-order chi connectivity index (χ0) is 13.2. The molecule has 0 aliphatic heterocycles. The second-order valence-corrected chi connectivity index (χ2v) is 4.29. The summed E-state index contributed by atoms with van der Waals surface area (Å²) in [5, 5.41) is 9.02. The van der Waals surface area contributed by atoms with Crippen molar-refractivity contribution in [3.8, 4) is 11.5 Å². The van der Waals surface area contributed by atoms with Crippen LogP contribution >= 0.6 is 0 Å². The van der Waals surface area contributed by atoms with Gasteiger partial charge in [0, 0.05) is 11.1 Å². The van der Waals surface area contributed by atoms with E-state index >= 15 is 0 Å². The Kier molecular flexibility index (Phi) is 3.63. The minimum Gasteiger partial charge on any atom is -0.493 e. The summed E-state index contributed by atoms with van der Waals surface area (Å²) in [6.07, 6.45) is 0. The van der Waals surface area contributed by atoms with Crippen LogP contribution in [0, 0.1) is 0 Å². The molecule has 0 fully saturated rings. The lowest BCUT2D eigenvalue weighted by atomic mass is 9.92. The number of carboxylic acid groups (broad SMARTS) is 1. The van der Waals surface area contributed by atoms with Crippen molar-refractivity contribution in [2.24, 2.45) is 5.73 Å². The molecular weight excluding hydrogens is 222 g/mol. The first-order valence-corrected chi connectivity index (χ1v) is 5.10. The van der Waals surface area contributed by atoms with Gasteiger partial charge in [0.2, 0.25) is 0 Å². The van der Waals surface area contributed by atoms with E-state index < -0.39 is 11.5 Å². The predicted molar refractivity (Wildman–Crippen MR) is 63.7 cm³/mol. The molecule has 0 bridgehead atoms. The van der Waals surface area contributed by atoms with Gasteiger partial charge in [-0.15, -0.1) is 0 Å². The number of nitrogens with two attached hydrogens (primary N) is 1. The molecule has 0 aromatic heterocycles. The van der Waals surface area contributed by atoms with Gasteiger partial charge in [-0.1, -0.05) is 0 Å². The van der Waals surface area contributed by atoms with Crippen LogP contribution in [0.25, 0.3) is 0 Å². The molecule has 0 amide bonds. The fourth-order valence-corrected chi connectivity index (χ4v) is 1.57. The molecule has 0 spiro atoms. The number of carbonyl (C=O) groups is 1. The topological polar surface area (TPSA) is 81.8 Å². The molecule has 5 heteroatoms. The predicted octanol–water partition coefficient (Wildman–Crippen LogP) is 1.60. The Hall–Kier alpha value is -1.75. The number of methoxy groups -OCH3 is 2. The molecule has 0 aliphatic rings. The van der Waals surface area contributed by atoms with Gasteiger partial charge in [-0.25, -0.2) is 4.79 Å². The molecule has 0 unspecified atom stereocenters. The van der Waals surface area contributed by atoms with E-state index in [2.05, 4.69) is 0 Å². The third-order valence-electron chi connectivity index (χ3n) is 2.42. The van der Waals surface area contributed by atoms with E-state index in [1.54, 1.807) is 13.8 Å². The Morgan fingerprint density at radius 3 is 2.24 bits per heavy atom. The van der Waals surface area contributed by atoms with Crippen LogP contribution in [0.4, 0.5) is 0 Å². The molecule has 94 valence electrons. The number of carboxylic acids is 1. The highest BCUT2D eigenvalue weighted by Crippen LogP contribution is 2.37. The van der Waals surface area contributed by atoms with E-state index in [9.17, 15) is 4.79 Å². The van der Waals surface area contributed by atoms with E-state index in [0.29, 0.717) is 17.1 Å². The maximum Gasteiger partial charge on any atom is 0.335 e. The van der Waals surface area contributed by atoms with E-state index in [0.717, 1.165) is 0 Å². The molecule has 1 aromatic rings. The third kappa shape index (κ3) is 2.68. The molecule has 0 saturated heterocycles. The molecule has 0 saturated carbocycles. The molecule has 3 N–H and O–H groups in total. The average molecular weight is 239 g/mol. The fourth-order valence-electron chi connectivity index (χ4n) is 1.57. The first-order chi connectivity index (χ1) is 7.81. The van der Waals surface area contributed by atoms with Gasteiger partial charge >= 0.3 is 5.97 Å². The zero-order valence-electron chi connectivity index (χ0n) is 10.4. The van der Waals surface area contributed by atoms with Crippen LogP contribution in [0.15, 0.2) is 12.1 Å². The van der Waals surface area contributed by atoms with Gasteiger partial charge < -0.3 is 20.3 Å².